The second-order valence-electron chi connectivity index (χ2n) is 5.34. The maximum absolute atomic E-state index is 12.1. The first kappa shape index (κ1) is 18.0. The van der Waals surface area contributed by atoms with Gasteiger partial charge in [0, 0.05) is 18.7 Å². The number of nitrogens with one attached hydrogen (secondary N) is 1. The minimum absolute atomic E-state index is 0.119. The molecule has 0 saturated carbocycles. The molecule has 3 N–H and O–H groups in total. The van der Waals surface area contributed by atoms with E-state index in [-0.39, 0.29) is 17.3 Å². The number of thiocarbonyl (C=S) groups is 1. The third-order valence-electron chi connectivity index (χ3n) is 2.82. The van der Waals surface area contributed by atoms with Gasteiger partial charge in [-0.25, -0.2) is 13.1 Å². The molecule has 5 nitrogen and oxygen atoms in total. The lowest BCUT2D eigenvalue weighted by atomic mass is 10.1. The maximum atomic E-state index is 12.1. The summed E-state index contributed by atoms with van der Waals surface area (Å²) in [5, 5.41) is 0. The fourth-order valence-electron chi connectivity index (χ4n) is 1.81. The standard InChI is InChI=1S/C14H22N2O3S2/c1-4-19-14(2,3)10-16-21(17,18)9-11-6-5-7-12(8-11)13(15)20/h5-8,16H,4,9-10H2,1-3H3,(H2,15,20). The second-order valence-corrected chi connectivity index (χ2v) is 7.58. The predicted octanol–water partition coefficient (Wildman–Crippen LogP) is 1.56. The normalized spacial score (nSPS) is 12.3. The molecule has 0 radical (unpaired) electrons. The second kappa shape index (κ2) is 7.31. The van der Waals surface area contributed by atoms with Crippen molar-refractivity contribution < 1.29 is 13.2 Å². The zero-order valence-corrected chi connectivity index (χ0v) is 14.2. The summed E-state index contributed by atoms with van der Waals surface area (Å²) in [4.78, 5) is 0.250. The highest BCUT2D eigenvalue weighted by molar-refractivity contribution is 7.88. The molecule has 0 saturated heterocycles. The van der Waals surface area contributed by atoms with Gasteiger partial charge in [-0.05, 0) is 32.4 Å². The molecule has 0 amide bonds. The maximum Gasteiger partial charge on any atom is 0.215 e. The van der Waals surface area contributed by atoms with Gasteiger partial charge >= 0.3 is 0 Å². The summed E-state index contributed by atoms with van der Waals surface area (Å²) in [6.07, 6.45) is 0. The van der Waals surface area contributed by atoms with Crippen molar-refractivity contribution in [3.63, 3.8) is 0 Å². The van der Waals surface area contributed by atoms with Crippen LogP contribution in [-0.4, -0.2) is 32.2 Å². The van der Waals surface area contributed by atoms with E-state index in [4.69, 9.17) is 22.7 Å². The summed E-state index contributed by atoms with van der Waals surface area (Å²) in [6, 6.07) is 6.91. The largest absolute Gasteiger partial charge is 0.389 e. The topological polar surface area (TPSA) is 81.4 Å². The van der Waals surface area contributed by atoms with Crippen LogP contribution in [0.3, 0.4) is 0 Å². The Balaban J connectivity index is 2.72. The Morgan fingerprint density at radius 3 is 2.67 bits per heavy atom. The quantitative estimate of drug-likeness (QED) is 0.707. The molecule has 1 rings (SSSR count). The fourth-order valence-corrected chi connectivity index (χ4v) is 3.23. The van der Waals surface area contributed by atoms with Crippen molar-refractivity contribution in [2.75, 3.05) is 13.2 Å². The average Bonchev–Trinajstić information content (AvgIpc) is 2.36. The molecular weight excluding hydrogens is 308 g/mol. The lowest BCUT2D eigenvalue weighted by molar-refractivity contribution is -0.00515. The summed E-state index contributed by atoms with van der Waals surface area (Å²) in [6.45, 7) is 6.30. The van der Waals surface area contributed by atoms with Crippen LogP contribution in [0, 0.1) is 0 Å². The van der Waals surface area contributed by atoms with E-state index in [1.807, 2.05) is 20.8 Å². The van der Waals surface area contributed by atoms with Crippen LogP contribution in [0.4, 0.5) is 0 Å². The Bertz CT molecular complexity index is 598. The van der Waals surface area contributed by atoms with Crippen LogP contribution in [0.2, 0.25) is 0 Å². The third kappa shape index (κ3) is 6.52. The summed E-state index contributed by atoms with van der Waals surface area (Å²) in [7, 11) is -3.44. The molecule has 1 aromatic carbocycles. The summed E-state index contributed by atoms with van der Waals surface area (Å²) in [5.41, 5.74) is 6.31. The van der Waals surface area contributed by atoms with Crippen LogP contribution < -0.4 is 10.5 Å². The number of hydrogen-bond acceptors (Lipinski definition) is 4. The van der Waals surface area contributed by atoms with Crippen LogP contribution in [0.25, 0.3) is 0 Å². The van der Waals surface area contributed by atoms with E-state index in [0.29, 0.717) is 17.7 Å². The lowest BCUT2D eigenvalue weighted by Crippen LogP contribution is -2.40. The minimum Gasteiger partial charge on any atom is -0.389 e. The van der Waals surface area contributed by atoms with Crippen molar-refractivity contribution in [3.8, 4) is 0 Å². The van der Waals surface area contributed by atoms with E-state index in [9.17, 15) is 8.42 Å². The van der Waals surface area contributed by atoms with Crippen LogP contribution in [0.15, 0.2) is 24.3 Å². The summed E-state index contributed by atoms with van der Waals surface area (Å²) < 4.78 is 32.2. The molecule has 0 spiro atoms. The Hall–Kier alpha value is -1.02. The van der Waals surface area contributed by atoms with E-state index in [2.05, 4.69) is 4.72 Å². The number of hydrogen-bond donors (Lipinski definition) is 2. The molecular formula is C14H22N2O3S2. The molecule has 0 bridgehead atoms. The SMILES string of the molecule is CCOC(C)(C)CNS(=O)(=O)Cc1cccc(C(N)=S)c1. The Morgan fingerprint density at radius 2 is 2.10 bits per heavy atom. The van der Waals surface area contributed by atoms with Crippen molar-refractivity contribution in [3.05, 3.63) is 35.4 Å². The third-order valence-corrected chi connectivity index (χ3v) is 4.35. The Kier molecular flexibility index (Phi) is 6.27. The molecule has 1 aromatic rings. The molecule has 21 heavy (non-hydrogen) atoms. The van der Waals surface area contributed by atoms with Gasteiger partial charge in [-0.15, -0.1) is 0 Å². The van der Waals surface area contributed by atoms with E-state index in [1.54, 1.807) is 24.3 Å². The zero-order chi connectivity index (χ0) is 16.1. The van der Waals surface area contributed by atoms with Crippen LogP contribution in [-0.2, 0) is 20.5 Å². The van der Waals surface area contributed by atoms with Gasteiger partial charge in [0.05, 0.1) is 11.4 Å². The van der Waals surface area contributed by atoms with Crippen LogP contribution >= 0.6 is 12.2 Å². The highest BCUT2D eigenvalue weighted by Gasteiger charge is 2.21. The smallest absolute Gasteiger partial charge is 0.215 e. The summed E-state index contributed by atoms with van der Waals surface area (Å²) >= 11 is 4.89. The van der Waals surface area contributed by atoms with Gasteiger partial charge in [0.1, 0.15) is 4.99 Å². The van der Waals surface area contributed by atoms with Crippen LogP contribution in [0.5, 0.6) is 0 Å². The van der Waals surface area contributed by atoms with Crippen molar-refractivity contribution in [1.82, 2.24) is 4.72 Å². The highest BCUT2D eigenvalue weighted by Crippen LogP contribution is 2.11. The van der Waals surface area contributed by atoms with E-state index in [1.165, 1.54) is 0 Å². The van der Waals surface area contributed by atoms with Crippen molar-refractivity contribution in [1.29, 1.82) is 0 Å². The highest BCUT2D eigenvalue weighted by atomic mass is 32.2. The first-order chi connectivity index (χ1) is 9.65. The molecule has 0 atom stereocenters. The van der Waals surface area contributed by atoms with Crippen LogP contribution in [0.1, 0.15) is 31.9 Å². The van der Waals surface area contributed by atoms with Crippen molar-refractivity contribution >= 4 is 27.2 Å². The first-order valence-electron chi connectivity index (χ1n) is 6.65. The number of ether oxygens (including phenoxy) is 1. The lowest BCUT2D eigenvalue weighted by Gasteiger charge is -2.24. The molecule has 0 heterocycles. The van der Waals surface area contributed by atoms with Crippen molar-refractivity contribution in [2.45, 2.75) is 32.1 Å². The Morgan fingerprint density at radius 1 is 1.43 bits per heavy atom. The molecule has 7 heteroatoms. The van der Waals surface area contributed by atoms with Gasteiger partial charge in [0.2, 0.25) is 10.0 Å². The number of rotatable bonds is 8. The molecule has 0 aliphatic rings. The molecule has 0 aliphatic heterocycles. The predicted molar refractivity (Wildman–Crippen MR) is 88.7 cm³/mol. The van der Waals surface area contributed by atoms with Gasteiger partial charge < -0.3 is 10.5 Å². The number of sulfonamides is 1. The monoisotopic (exact) mass is 330 g/mol. The minimum atomic E-state index is -3.44. The first-order valence-corrected chi connectivity index (χ1v) is 8.71. The number of benzene rings is 1. The average molecular weight is 330 g/mol. The number of nitrogens with two attached hydrogens (primary N) is 1. The van der Waals surface area contributed by atoms with Gasteiger partial charge in [-0.2, -0.15) is 0 Å². The fraction of sp³-hybridized carbons (Fsp3) is 0.500. The zero-order valence-electron chi connectivity index (χ0n) is 12.5. The summed E-state index contributed by atoms with van der Waals surface area (Å²) in [5.74, 6) is -0.119. The van der Waals surface area contributed by atoms with Crippen molar-refractivity contribution in [2.24, 2.45) is 5.73 Å². The van der Waals surface area contributed by atoms with Gasteiger partial charge in [0.25, 0.3) is 0 Å². The molecule has 0 unspecified atom stereocenters. The molecule has 0 fully saturated rings. The van der Waals surface area contributed by atoms with Gasteiger partial charge in [-0.1, -0.05) is 30.4 Å². The molecule has 0 aromatic heterocycles. The molecule has 118 valence electrons. The van der Waals surface area contributed by atoms with E-state index < -0.39 is 15.6 Å². The Labute approximate surface area is 131 Å². The van der Waals surface area contributed by atoms with E-state index in [0.717, 1.165) is 0 Å². The molecule has 0 aliphatic carbocycles. The van der Waals surface area contributed by atoms with Gasteiger partial charge in [-0.3, -0.25) is 0 Å². The van der Waals surface area contributed by atoms with Gasteiger partial charge in [0.15, 0.2) is 0 Å². The van der Waals surface area contributed by atoms with E-state index >= 15 is 0 Å².